The number of hydrogen-bond acceptors (Lipinski definition) is 8. The minimum Gasteiger partial charge on any atom is -0.473 e. The van der Waals surface area contributed by atoms with E-state index < -0.39 is 0 Å². The molecule has 1 atom stereocenters. The van der Waals surface area contributed by atoms with Crippen molar-refractivity contribution in [2.24, 2.45) is 0 Å². The lowest BCUT2D eigenvalue weighted by Gasteiger charge is -2.45. The highest BCUT2D eigenvalue weighted by molar-refractivity contribution is 5.76. The third-order valence-corrected chi connectivity index (χ3v) is 6.35. The first-order valence-corrected chi connectivity index (χ1v) is 11.4. The molecule has 0 radical (unpaired) electrons. The van der Waals surface area contributed by atoms with E-state index in [0.717, 1.165) is 31.2 Å². The second-order valence-corrected chi connectivity index (χ2v) is 8.57. The van der Waals surface area contributed by atoms with Gasteiger partial charge in [-0.05, 0) is 12.8 Å². The molecule has 0 aliphatic carbocycles. The Morgan fingerprint density at radius 2 is 2.03 bits per heavy atom. The van der Waals surface area contributed by atoms with E-state index in [-0.39, 0.29) is 17.6 Å². The number of hydrogen-bond donors (Lipinski definition) is 0. The summed E-state index contributed by atoms with van der Waals surface area (Å²) in [7, 11) is 0. The molecule has 0 saturated carbocycles. The average Bonchev–Trinajstić information content (AvgIpc) is 3.34. The average molecular weight is 450 g/mol. The SMILES string of the molecule is O=C(CCc1nc(-c2ccccc2)no1)N1CCC2(CC1)CC(Oc1cnccn1)CCO2. The quantitative estimate of drug-likeness (QED) is 0.566. The van der Waals surface area contributed by atoms with E-state index >= 15 is 0 Å². The molecule has 1 aromatic carbocycles. The lowest BCUT2D eigenvalue weighted by molar-refractivity contribution is -0.151. The first-order chi connectivity index (χ1) is 16.2. The second kappa shape index (κ2) is 9.66. The van der Waals surface area contributed by atoms with Crippen molar-refractivity contribution in [3.8, 4) is 17.3 Å². The van der Waals surface area contributed by atoms with E-state index in [1.54, 1.807) is 18.6 Å². The van der Waals surface area contributed by atoms with Gasteiger partial charge in [-0.3, -0.25) is 9.78 Å². The van der Waals surface area contributed by atoms with Crippen LogP contribution in [0.3, 0.4) is 0 Å². The molecule has 0 N–H and O–H groups in total. The highest BCUT2D eigenvalue weighted by Gasteiger charge is 2.42. The minimum atomic E-state index is -0.237. The van der Waals surface area contributed by atoms with Crippen molar-refractivity contribution < 1.29 is 18.8 Å². The van der Waals surface area contributed by atoms with Gasteiger partial charge in [0.2, 0.25) is 23.5 Å². The largest absolute Gasteiger partial charge is 0.473 e. The number of amides is 1. The zero-order chi connectivity index (χ0) is 22.5. The molecule has 2 fully saturated rings. The lowest BCUT2D eigenvalue weighted by atomic mass is 9.83. The Hall–Kier alpha value is -3.33. The van der Waals surface area contributed by atoms with Gasteiger partial charge in [-0.1, -0.05) is 35.5 Å². The number of piperidine rings is 1. The molecule has 33 heavy (non-hydrogen) atoms. The number of ether oxygens (including phenoxy) is 2. The summed E-state index contributed by atoms with van der Waals surface area (Å²) in [5.41, 5.74) is 0.660. The number of carbonyl (C=O) groups is 1. The number of nitrogens with zero attached hydrogens (tertiary/aromatic N) is 5. The van der Waals surface area contributed by atoms with Gasteiger partial charge in [-0.15, -0.1) is 0 Å². The predicted molar refractivity (Wildman–Crippen MR) is 118 cm³/mol. The van der Waals surface area contributed by atoms with Gasteiger partial charge in [0.25, 0.3) is 0 Å². The maximum Gasteiger partial charge on any atom is 0.232 e. The van der Waals surface area contributed by atoms with E-state index in [4.69, 9.17) is 14.0 Å². The van der Waals surface area contributed by atoms with E-state index in [1.807, 2.05) is 35.2 Å². The smallest absolute Gasteiger partial charge is 0.232 e. The zero-order valence-electron chi connectivity index (χ0n) is 18.4. The Morgan fingerprint density at radius 3 is 2.82 bits per heavy atom. The topological polar surface area (TPSA) is 103 Å². The Balaban J connectivity index is 1.10. The first kappa shape index (κ1) is 21.5. The Morgan fingerprint density at radius 1 is 1.18 bits per heavy atom. The molecule has 1 unspecified atom stereocenters. The molecule has 172 valence electrons. The van der Waals surface area contributed by atoms with Crippen LogP contribution in [0, 0.1) is 0 Å². The van der Waals surface area contributed by atoms with Crippen molar-refractivity contribution in [3.63, 3.8) is 0 Å². The van der Waals surface area contributed by atoms with E-state index in [2.05, 4.69) is 20.1 Å². The molecule has 9 nitrogen and oxygen atoms in total. The van der Waals surface area contributed by atoms with E-state index in [9.17, 15) is 4.79 Å². The number of benzene rings is 1. The van der Waals surface area contributed by atoms with Gasteiger partial charge < -0.3 is 18.9 Å². The number of likely N-dealkylation sites (tertiary alicyclic amines) is 1. The van der Waals surface area contributed by atoms with E-state index in [0.29, 0.717) is 50.1 Å². The van der Waals surface area contributed by atoms with Gasteiger partial charge in [-0.25, -0.2) is 4.98 Å². The molecule has 2 aromatic heterocycles. The molecule has 0 bridgehead atoms. The van der Waals surface area contributed by atoms with Crippen LogP contribution in [0.1, 0.15) is 38.0 Å². The number of aromatic nitrogens is 4. The summed E-state index contributed by atoms with van der Waals surface area (Å²) >= 11 is 0. The van der Waals surface area contributed by atoms with Crippen LogP contribution < -0.4 is 4.74 Å². The minimum absolute atomic E-state index is 0.0500. The summed E-state index contributed by atoms with van der Waals surface area (Å²) in [5.74, 6) is 1.68. The normalized spacial score (nSPS) is 20.0. The van der Waals surface area contributed by atoms with Crippen LogP contribution in [0.15, 0.2) is 53.4 Å². The van der Waals surface area contributed by atoms with Gasteiger partial charge in [0.05, 0.1) is 18.4 Å². The van der Waals surface area contributed by atoms with Crippen molar-refractivity contribution in [1.82, 2.24) is 25.0 Å². The van der Waals surface area contributed by atoms with Crippen LogP contribution in [0.4, 0.5) is 0 Å². The molecule has 2 aliphatic rings. The molecule has 5 rings (SSSR count). The molecule has 1 spiro atoms. The summed E-state index contributed by atoms with van der Waals surface area (Å²) in [6, 6.07) is 9.66. The van der Waals surface area contributed by atoms with Crippen molar-refractivity contribution in [1.29, 1.82) is 0 Å². The van der Waals surface area contributed by atoms with Gasteiger partial charge in [0.15, 0.2) is 0 Å². The maximum atomic E-state index is 12.8. The Kier molecular flexibility index (Phi) is 6.30. The number of rotatable bonds is 6. The molecule has 1 amide bonds. The molecular formula is C24H27N5O4. The van der Waals surface area contributed by atoms with E-state index in [1.165, 1.54) is 0 Å². The third-order valence-electron chi connectivity index (χ3n) is 6.35. The van der Waals surface area contributed by atoms with Gasteiger partial charge in [-0.2, -0.15) is 4.98 Å². The monoisotopic (exact) mass is 449 g/mol. The highest BCUT2D eigenvalue weighted by atomic mass is 16.5. The van der Waals surface area contributed by atoms with Gasteiger partial charge in [0.1, 0.15) is 6.10 Å². The Bertz CT molecular complexity index is 1050. The predicted octanol–water partition coefficient (Wildman–Crippen LogP) is 3.08. The number of carbonyl (C=O) groups excluding carboxylic acids is 1. The second-order valence-electron chi connectivity index (χ2n) is 8.57. The summed E-state index contributed by atoms with van der Waals surface area (Å²) < 4.78 is 17.5. The third kappa shape index (κ3) is 5.19. The molecular weight excluding hydrogens is 422 g/mol. The van der Waals surface area contributed by atoms with Crippen molar-refractivity contribution in [2.75, 3.05) is 19.7 Å². The maximum absolute atomic E-state index is 12.8. The van der Waals surface area contributed by atoms with Crippen molar-refractivity contribution >= 4 is 5.91 Å². The standard InChI is InChI=1S/C24H27N5O4/c30-22(7-6-20-27-23(28-33-20)18-4-2-1-3-5-18)29-13-9-24(10-14-29)16-19(8-15-31-24)32-21-17-25-11-12-26-21/h1-5,11-12,17,19H,6-10,13-16H2. The van der Waals surface area contributed by atoms with Crippen LogP contribution >= 0.6 is 0 Å². The summed E-state index contributed by atoms with van der Waals surface area (Å²) in [4.78, 5) is 27.4. The fourth-order valence-corrected chi connectivity index (χ4v) is 4.55. The molecule has 3 aromatic rings. The molecule has 2 aliphatic heterocycles. The fraction of sp³-hybridized carbons (Fsp3) is 0.458. The summed E-state index contributed by atoms with van der Waals surface area (Å²) in [5, 5.41) is 4.02. The molecule has 2 saturated heterocycles. The summed E-state index contributed by atoms with van der Waals surface area (Å²) in [6.45, 7) is 2.01. The first-order valence-electron chi connectivity index (χ1n) is 11.4. The van der Waals surface area contributed by atoms with Crippen LogP contribution in [0.5, 0.6) is 5.88 Å². The zero-order valence-corrected chi connectivity index (χ0v) is 18.4. The van der Waals surface area contributed by atoms with Crippen molar-refractivity contribution in [2.45, 2.75) is 50.2 Å². The van der Waals surface area contributed by atoms with Crippen LogP contribution in [0.25, 0.3) is 11.4 Å². The lowest BCUT2D eigenvalue weighted by Crippen LogP contribution is -2.52. The van der Waals surface area contributed by atoms with Gasteiger partial charge >= 0.3 is 0 Å². The van der Waals surface area contributed by atoms with Crippen LogP contribution in [-0.2, 0) is 16.0 Å². The fourth-order valence-electron chi connectivity index (χ4n) is 4.55. The van der Waals surface area contributed by atoms with Crippen molar-refractivity contribution in [3.05, 3.63) is 54.8 Å². The summed E-state index contributed by atoms with van der Waals surface area (Å²) in [6.07, 6.45) is 8.97. The molecule has 9 heteroatoms. The van der Waals surface area contributed by atoms with Crippen LogP contribution in [0.2, 0.25) is 0 Å². The molecule has 4 heterocycles. The number of aryl methyl sites for hydroxylation is 1. The van der Waals surface area contributed by atoms with Gasteiger partial charge in [0, 0.05) is 56.7 Å². The van der Waals surface area contributed by atoms with Crippen LogP contribution in [-0.4, -0.2) is 62.3 Å². The Labute approximate surface area is 192 Å². The highest BCUT2D eigenvalue weighted by Crippen LogP contribution is 2.36.